The van der Waals surface area contributed by atoms with Gasteiger partial charge in [0.1, 0.15) is 11.6 Å². The molecule has 0 radical (unpaired) electrons. The molecule has 0 aliphatic carbocycles. The van der Waals surface area contributed by atoms with E-state index in [-0.39, 0.29) is 22.5 Å². The molecule has 1 N–H and O–H groups in total. The normalized spacial score (nSPS) is 17.6. The molecule has 1 atom stereocenters. The number of non-ortho nitro benzene ring substituents is 1. The fourth-order valence-electron chi connectivity index (χ4n) is 3.79. The van der Waals surface area contributed by atoms with Crippen molar-refractivity contribution in [2.75, 3.05) is 4.90 Å². The molecule has 0 unspecified atom stereocenters. The van der Waals surface area contributed by atoms with Crippen molar-refractivity contribution in [1.82, 2.24) is 0 Å². The van der Waals surface area contributed by atoms with Gasteiger partial charge in [-0.25, -0.2) is 4.39 Å². The van der Waals surface area contributed by atoms with Gasteiger partial charge in [-0.2, -0.15) is 13.2 Å². The third kappa shape index (κ3) is 4.35. The van der Waals surface area contributed by atoms with E-state index < -0.39 is 51.5 Å². The van der Waals surface area contributed by atoms with Crippen molar-refractivity contribution in [3.8, 4) is 0 Å². The summed E-state index contributed by atoms with van der Waals surface area (Å²) in [5.41, 5.74) is -1.98. The number of halogens is 4. The summed E-state index contributed by atoms with van der Waals surface area (Å²) in [5, 5.41) is 21.8. The van der Waals surface area contributed by atoms with Gasteiger partial charge in [0.05, 0.1) is 22.1 Å². The molecule has 178 valence electrons. The number of Topliss-reactive ketones (excluding diaryl/α,β-unsaturated/α-hetero) is 1. The highest BCUT2D eigenvalue weighted by Gasteiger charge is 2.47. The number of aliphatic hydroxyl groups is 1. The molecule has 35 heavy (non-hydrogen) atoms. The lowest BCUT2D eigenvalue weighted by molar-refractivity contribution is -0.384. The Morgan fingerprint density at radius 1 is 0.971 bits per heavy atom. The lowest BCUT2D eigenvalue weighted by Crippen LogP contribution is -2.29. The van der Waals surface area contributed by atoms with Crippen molar-refractivity contribution in [2.24, 2.45) is 0 Å². The van der Waals surface area contributed by atoms with Crippen LogP contribution in [0, 0.1) is 15.9 Å². The van der Waals surface area contributed by atoms with Crippen LogP contribution in [0.15, 0.2) is 78.4 Å². The van der Waals surface area contributed by atoms with E-state index in [0.29, 0.717) is 6.07 Å². The summed E-state index contributed by atoms with van der Waals surface area (Å²) in [6, 6.07) is 11.4. The predicted octanol–water partition coefficient (Wildman–Crippen LogP) is 5.38. The fraction of sp³-hybridized carbons (Fsp3) is 0.0833. The molecule has 1 fully saturated rings. The van der Waals surface area contributed by atoms with Gasteiger partial charge in [0.25, 0.3) is 17.4 Å². The number of hydrogen-bond acceptors (Lipinski definition) is 5. The molecule has 1 heterocycles. The van der Waals surface area contributed by atoms with Crippen LogP contribution < -0.4 is 4.90 Å². The summed E-state index contributed by atoms with van der Waals surface area (Å²) in [5.74, 6) is -3.73. The number of rotatable bonds is 4. The number of amides is 1. The number of nitrogens with zero attached hydrogens (tertiary/aromatic N) is 2. The van der Waals surface area contributed by atoms with E-state index in [4.69, 9.17) is 0 Å². The number of anilines is 1. The van der Waals surface area contributed by atoms with Crippen LogP contribution in [-0.4, -0.2) is 21.7 Å². The Hall–Kier alpha value is -4.54. The summed E-state index contributed by atoms with van der Waals surface area (Å²) in [6.07, 6.45) is -4.73. The van der Waals surface area contributed by atoms with Crippen molar-refractivity contribution in [3.63, 3.8) is 0 Å². The number of hydrogen-bond donors (Lipinski definition) is 1. The Labute approximate surface area is 194 Å². The van der Waals surface area contributed by atoms with Gasteiger partial charge in [-0.15, -0.1) is 0 Å². The van der Waals surface area contributed by atoms with Crippen molar-refractivity contribution >= 4 is 28.8 Å². The second kappa shape index (κ2) is 8.67. The lowest BCUT2D eigenvalue weighted by atomic mass is 9.95. The zero-order valence-electron chi connectivity index (χ0n) is 17.5. The van der Waals surface area contributed by atoms with E-state index >= 15 is 0 Å². The van der Waals surface area contributed by atoms with Gasteiger partial charge in [-0.05, 0) is 48.0 Å². The Balaban J connectivity index is 1.92. The highest BCUT2D eigenvalue weighted by atomic mass is 19.4. The summed E-state index contributed by atoms with van der Waals surface area (Å²) in [6.45, 7) is 0. The number of aliphatic hydroxyl groups excluding tert-OH is 1. The zero-order chi connectivity index (χ0) is 25.5. The van der Waals surface area contributed by atoms with Crippen LogP contribution in [0.3, 0.4) is 0 Å². The number of ketones is 1. The van der Waals surface area contributed by atoms with Gasteiger partial charge < -0.3 is 5.11 Å². The maximum absolute atomic E-state index is 13.6. The second-order valence-corrected chi connectivity index (χ2v) is 7.57. The minimum absolute atomic E-state index is 0.0373. The highest BCUT2D eigenvalue weighted by Crippen LogP contribution is 2.43. The van der Waals surface area contributed by atoms with Crippen LogP contribution in [0.25, 0.3) is 5.76 Å². The molecule has 0 aromatic heterocycles. The van der Waals surface area contributed by atoms with Gasteiger partial charge in [0.15, 0.2) is 0 Å². The third-order valence-electron chi connectivity index (χ3n) is 5.43. The summed E-state index contributed by atoms with van der Waals surface area (Å²) in [7, 11) is 0. The molecule has 7 nitrogen and oxygen atoms in total. The molecule has 11 heteroatoms. The molecule has 1 amide bonds. The van der Waals surface area contributed by atoms with Gasteiger partial charge in [0, 0.05) is 23.4 Å². The van der Waals surface area contributed by atoms with Gasteiger partial charge in [-0.3, -0.25) is 24.6 Å². The van der Waals surface area contributed by atoms with Crippen LogP contribution in [0.2, 0.25) is 0 Å². The van der Waals surface area contributed by atoms with Crippen LogP contribution in [0.5, 0.6) is 0 Å². The van der Waals surface area contributed by atoms with Gasteiger partial charge in [-0.1, -0.05) is 18.2 Å². The number of benzene rings is 3. The number of nitro benzene ring substituents is 1. The topological polar surface area (TPSA) is 101 Å². The molecular formula is C24H14F4N2O5. The number of alkyl halides is 3. The standard InChI is InChI=1S/C24H14F4N2O5/c25-16-8-4-13(5-9-16)20-19(21(31)14-6-10-17(11-7-14)30(34)35)22(32)23(33)29(20)18-3-1-2-15(12-18)24(26,27)28/h1-12,20,31H/t20-/m0/s1. The van der Waals surface area contributed by atoms with Crippen molar-refractivity contribution in [1.29, 1.82) is 0 Å². The minimum Gasteiger partial charge on any atom is -0.507 e. The van der Waals surface area contributed by atoms with Crippen LogP contribution >= 0.6 is 0 Å². The maximum Gasteiger partial charge on any atom is 0.416 e. The molecule has 1 aliphatic rings. The Morgan fingerprint density at radius 2 is 1.60 bits per heavy atom. The summed E-state index contributed by atoms with van der Waals surface area (Å²) >= 11 is 0. The summed E-state index contributed by atoms with van der Waals surface area (Å²) < 4.78 is 53.5. The van der Waals surface area contributed by atoms with Crippen molar-refractivity contribution < 1.29 is 37.2 Å². The van der Waals surface area contributed by atoms with E-state index in [1.807, 2.05) is 0 Å². The van der Waals surface area contributed by atoms with Crippen molar-refractivity contribution in [3.05, 3.63) is 111 Å². The van der Waals surface area contributed by atoms with E-state index in [0.717, 1.165) is 53.4 Å². The largest absolute Gasteiger partial charge is 0.507 e. The molecule has 3 aromatic carbocycles. The monoisotopic (exact) mass is 486 g/mol. The molecule has 0 bridgehead atoms. The highest BCUT2D eigenvalue weighted by molar-refractivity contribution is 6.51. The number of carbonyl (C=O) groups is 2. The molecule has 0 spiro atoms. The zero-order valence-corrected chi connectivity index (χ0v) is 17.5. The van der Waals surface area contributed by atoms with E-state index in [1.54, 1.807) is 0 Å². The van der Waals surface area contributed by atoms with E-state index in [2.05, 4.69) is 0 Å². The molecule has 1 saturated heterocycles. The first-order valence-corrected chi connectivity index (χ1v) is 9.97. The molecule has 0 saturated carbocycles. The first-order valence-electron chi connectivity index (χ1n) is 9.97. The van der Waals surface area contributed by atoms with Gasteiger partial charge >= 0.3 is 6.18 Å². The Kier molecular flexibility index (Phi) is 5.85. The van der Waals surface area contributed by atoms with Crippen LogP contribution in [0.4, 0.5) is 28.9 Å². The van der Waals surface area contributed by atoms with Crippen molar-refractivity contribution in [2.45, 2.75) is 12.2 Å². The average molecular weight is 486 g/mol. The Bertz CT molecular complexity index is 1370. The second-order valence-electron chi connectivity index (χ2n) is 7.57. The SMILES string of the molecule is O=C1C(=O)N(c2cccc(C(F)(F)F)c2)[C@@H](c2ccc(F)cc2)C1=C(O)c1ccc([N+](=O)[O-])cc1. The van der Waals surface area contributed by atoms with Crippen LogP contribution in [-0.2, 0) is 15.8 Å². The smallest absolute Gasteiger partial charge is 0.416 e. The minimum atomic E-state index is -4.73. The maximum atomic E-state index is 13.6. The number of nitro groups is 1. The first kappa shape index (κ1) is 23.6. The van der Waals surface area contributed by atoms with E-state index in [1.165, 1.54) is 18.2 Å². The Morgan fingerprint density at radius 3 is 2.17 bits per heavy atom. The van der Waals surface area contributed by atoms with Crippen LogP contribution in [0.1, 0.15) is 22.7 Å². The molecule has 1 aliphatic heterocycles. The lowest BCUT2D eigenvalue weighted by Gasteiger charge is -2.26. The molecule has 3 aromatic rings. The predicted molar refractivity (Wildman–Crippen MR) is 116 cm³/mol. The third-order valence-corrected chi connectivity index (χ3v) is 5.43. The molecular weight excluding hydrogens is 472 g/mol. The fourth-order valence-corrected chi connectivity index (χ4v) is 3.79. The average Bonchev–Trinajstić information content (AvgIpc) is 3.09. The quantitative estimate of drug-likeness (QED) is 0.133. The first-order chi connectivity index (χ1) is 16.5. The van der Waals surface area contributed by atoms with Gasteiger partial charge in [0.2, 0.25) is 0 Å². The summed E-state index contributed by atoms with van der Waals surface area (Å²) in [4.78, 5) is 37.0. The van der Waals surface area contributed by atoms with E-state index in [9.17, 15) is 42.4 Å². The molecule has 4 rings (SSSR count). The number of carbonyl (C=O) groups excluding carboxylic acids is 2.